The van der Waals surface area contributed by atoms with Gasteiger partial charge in [0.05, 0.1) is 33.1 Å². The molecule has 17 aromatic carbocycles. The smallest absolute Gasteiger partial charge is 0.0949 e. The fourth-order valence-electron chi connectivity index (χ4n) is 19.2. The molecule has 6 nitrogen and oxygen atoms in total. The number of aromatic nitrogens is 4. The van der Waals surface area contributed by atoms with Crippen molar-refractivity contribution in [1.29, 1.82) is 0 Å². The van der Waals surface area contributed by atoms with E-state index >= 15 is 0 Å². The summed E-state index contributed by atoms with van der Waals surface area (Å²) < 4.78 is 4.90. The Hall–Kier alpha value is -14.7. The first kappa shape index (κ1) is 64.3. The summed E-state index contributed by atoms with van der Waals surface area (Å²) in [5.41, 5.74) is 35.9. The van der Waals surface area contributed by atoms with Crippen molar-refractivity contribution in [3.8, 4) is 89.3 Å². The van der Waals surface area contributed by atoms with Crippen molar-refractivity contribution in [2.45, 2.75) is 19.3 Å². The van der Waals surface area contributed by atoms with Crippen LogP contribution in [-0.2, 0) is 5.41 Å². The Kier molecular flexibility index (Phi) is 14.3. The van der Waals surface area contributed by atoms with Gasteiger partial charge in [-0.3, -0.25) is 9.97 Å². The van der Waals surface area contributed by atoms with Crippen LogP contribution < -0.4 is 9.80 Å². The van der Waals surface area contributed by atoms with Crippen LogP contribution in [0.3, 0.4) is 0 Å². The molecular weight excluding hydrogens is 1370 g/mol. The average molecular weight is 1440 g/mol. The van der Waals surface area contributed by atoms with Crippen molar-refractivity contribution in [2.24, 2.45) is 0 Å². The topological polar surface area (TPSA) is 42.1 Å². The molecule has 24 rings (SSSR count). The van der Waals surface area contributed by atoms with E-state index in [4.69, 9.17) is 9.97 Å². The Morgan fingerprint density at radius 1 is 0.230 bits per heavy atom. The zero-order valence-corrected chi connectivity index (χ0v) is 62.1. The minimum absolute atomic E-state index is 0.0803. The first-order valence-electron chi connectivity index (χ1n) is 39.0. The number of hydrogen-bond acceptors (Lipinski definition) is 4. The van der Waals surface area contributed by atoms with Crippen LogP contribution >= 0.6 is 0 Å². The molecule has 0 saturated heterocycles. The van der Waals surface area contributed by atoms with E-state index in [1.807, 2.05) is 24.5 Å². The van der Waals surface area contributed by atoms with Gasteiger partial charge in [0.2, 0.25) is 0 Å². The van der Waals surface area contributed by atoms with Crippen LogP contribution in [0.5, 0.6) is 0 Å². The van der Waals surface area contributed by atoms with Gasteiger partial charge >= 0.3 is 0 Å². The number of nitrogens with zero attached hydrogens (tertiary/aromatic N) is 6. The Bertz CT molecular complexity index is 7430. The maximum absolute atomic E-state index is 5.06. The van der Waals surface area contributed by atoms with Gasteiger partial charge in [-0.15, -0.1) is 0 Å². The maximum Gasteiger partial charge on any atom is 0.0949 e. The molecule has 21 aromatic rings. The van der Waals surface area contributed by atoms with E-state index in [1.54, 1.807) is 0 Å². The van der Waals surface area contributed by atoms with Crippen molar-refractivity contribution in [2.75, 3.05) is 9.80 Å². The highest BCUT2D eigenvalue weighted by atomic mass is 15.1. The van der Waals surface area contributed by atoms with Crippen LogP contribution in [0.2, 0.25) is 0 Å². The number of fused-ring (bicyclic) bond motifs is 13. The molecule has 6 heteroatoms. The van der Waals surface area contributed by atoms with Crippen LogP contribution in [0.25, 0.3) is 176 Å². The van der Waals surface area contributed by atoms with E-state index in [0.717, 1.165) is 78.3 Å². The lowest BCUT2D eigenvalue weighted by atomic mass is 9.82. The number of anilines is 6. The summed E-state index contributed by atoms with van der Waals surface area (Å²) in [5.74, 6) is 0. The summed E-state index contributed by atoms with van der Waals surface area (Å²) in [6, 6.07) is 137. The number of pyridine rings is 2. The molecule has 0 radical (unpaired) electrons. The first-order chi connectivity index (χ1) is 55.8. The molecule has 0 amide bonds. The quantitative estimate of drug-likeness (QED) is 0.137. The van der Waals surface area contributed by atoms with E-state index in [0.29, 0.717) is 0 Å². The van der Waals surface area contributed by atoms with Gasteiger partial charge in [0.15, 0.2) is 0 Å². The van der Waals surface area contributed by atoms with Crippen molar-refractivity contribution >= 4 is 121 Å². The number of benzene rings is 17. The van der Waals surface area contributed by atoms with Gasteiger partial charge in [0.1, 0.15) is 0 Å². The van der Waals surface area contributed by atoms with Crippen molar-refractivity contribution in [3.05, 3.63) is 400 Å². The van der Waals surface area contributed by atoms with Gasteiger partial charge in [-0.2, -0.15) is 0 Å². The van der Waals surface area contributed by atoms with Gasteiger partial charge in [-0.25, -0.2) is 0 Å². The Labute approximate surface area is 653 Å². The molecule has 3 aliphatic rings. The SMILES string of the molecule is CC1(C)c2ccccc2-c2ccc(N(c3ccccc3)c3ccc(-c4ccc(-n5c6ccc7cccc8c7c6c6c(cc7cccnc7c65)-c5ccccc5-8)cc4)cc3)cc21.c1ccc(N(c2ccccc2)c2ccc(-c3ccc(-n4c5ccc6cccc7c6c5c5c(cc6cccnc6c54)-c4ccccc4-7)cc3)cc2)cc1. The molecule has 0 fully saturated rings. The summed E-state index contributed by atoms with van der Waals surface area (Å²) in [4.78, 5) is 14.8. The summed E-state index contributed by atoms with van der Waals surface area (Å²) in [5, 5.41) is 12.5. The zero-order valence-electron chi connectivity index (χ0n) is 62.1. The van der Waals surface area contributed by atoms with Crippen molar-refractivity contribution in [1.82, 2.24) is 19.1 Å². The summed E-state index contributed by atoms with van der Waals surface area (Å²) in [6.07, 6.45) is 3.85. The Balaban J connectivity index is 0.000000136. The van der Waals surface area contributed by atoms with Crippen molar-refractivity contribution in [3.63, 3.8) is 0 Å². The molecule has 0 saturated carbocycles. The monoisotopic (exact) mass is 1440 g/mol. The minimum atomic E-state index is -0.0803. The molecule has 0 N–H and O–H groups in total. The maximum atomic E-state index is 5.06. The van der Waals surface area contributed by atoms with Crippen molar-refractivity contribution < 1.29 is 0 Å². The predicted octanol–water partition coefficient (Wildman–Crippen LogP) is 28.8. The van der Waals surface area contributed by atoms with E-state index in [2.05, 4.69) is 397 Å². The van der Waals surface area contributed by atoms with E-state index in [9.17, 15) is 0 Å². The number of hydrogen-bond donors (Lipinski definition) is 0. The van der Waals surface area contributed by atoms with Gasteiger partial charge in [-0.1, -0.05) is 257 Å². The third-order valence-electron chi connectivity index (χ3n) is 24.3. The minimum Gasteiger partial charge on any atom is -0.311 e. The van der Waals surface area contributed by atoms with Crippen LogP contribution in [0.4, 0.5) is 34.1 Å². The number of rotatable bonds is 10. The summed E-state index contributed by atoms with van der Waals surface area (Å²) in [6.45, 7) is 4.70. The Morgan fingerprint density at radius 2 is 0.575 bits per heavy atom. The molecule has 0 unspecified atom stereocenters. The highest BCUT2D eigenvalue weighted by Gasteiger charge is 2.36. The molecule has 4 heterocycles. The largest absolute Gasteiger partial charge is 0.311 e. The molecule has 0 bridgehead atoms. The molecule has 0 aliphatic heterocycles. The summed E-state index contributed by atoms with van der Waals surface area (Å²) >= 11 is 0. The standard InChI is InChI=1S/C58H39N3.C49H31N3/c1-58(2)50-20-9-8-18-46(50)47-31-30-43(35-51(47)58)60(40-14-4-3-5-15-40)41-26-21-36(22-27-41)37-23-28-42(29-24-37)61-52-32-25-38-12-10-19-48-44-16-6-7-17-45(44)49-34-39-13-11-33-59-56(39)57(61)54(49)55(52)53(38)48;1-3-13-36(14-4-1)51(37-15-5-2-6-16-37)38-25-20-32(21-26-38)33-22-27-39(28-23-33)52-44-29-24-34-11-9-19-42-40-17-7-8-18-41(40)43-31-35-12-10-30-50-48(35)49(52)46(43)47(44)45(34)42/h3-35H,1-2H3;1-31H. The fourth-order valence-corrected chi connectivity index (χ4v) is 19.2. The normalized spacial score (nSPS) is 12.6. The molecule has 0 spiro atoms. The highest BCUT2D eigenvalue weighted by Crippen LogP contribution is 2.56. The van der Waals surface area contributed by atoms with E-state index in [-0.39, 0.29) is 5.41 Å². The average Bonchev–Trinajstić information content (AvgIpc) is 1.54. The fraction of sp³-hybridized carbons (Fsp3) is 0.0280. The number of para-hydroxylation sites is 3. The highest BCUT2D eigenvalue weighted by molar-refractivity contribution is 6.35. The van der Waals surface area contributed by atoms with Gasteiger partial charge in [0, 0.05) is 95.6 Å². The van der Waals surface area contributed by atoms with Crippen LogP contribution in [0.15, 0.2) is 389 Å². The summed E-state index contributed by atoms with van der Waals surface area (Å²) in [7, 11) is 0. The second kappa shape index (κ2) is 25.2. The van der Waals surface area contributed by atoms with Gasteiger partial charge in [-0.05, 0) is 244 Å². The predicted molar refractivity (Wildman–Crippen MR) is 474 cm³/mol. The molecule has 528 valence electrons. The third kappa shape index (κ3) is 9.86. The molecule has 113 heavy (non-hydrogen) atoms. The van der Waals surface area contributed by atoms with Crippen LogP contribution in [0.1, 0.15) is 25.0 Å². The second-order valence-electron chi connectivity index (χ2n) is 30.7. The molecule has 0 atom stereocenters. The lowest BCUT2D eigenvalue weighted by Gasteiger charge is -2.28. The van der Waals surface area contributed by atoms with Crippen LogP contribution in [-0.4, -0.2) is 19.1 Å². The molecular formula is C107H70N6. The lowest BCUT2D eigenvalue weighted by molar-refractivity contribution is 0.660. The Morgan fingerprint density at radius 3 is 1.02 bits per heavy atom. The van der Waals surface area contributed by atoms with E-state index < -0.39 is 0 Å². The first-order valence-corrected chi connectivity index (χ1v) is 39.0. The zero-order chi connectivity index (χ0) is 74.6. The van der Waals surface area contributed by atoms with Crippen LogP contribution in [0, 0.1) is 0 Å². The van der Waals surface area contributed by atoms with Gasteiger partial charge in [0.25, 0.3) is 0 Å². The third-order valence-corrected chi connectivity index (χ3v) is 24.3. The van der Waals surface area contributed by atoms with E-state index in [1.165, 1.54) is 143 Å². The molecule has 4 aromatic heterocycles. The molecule has 3 aliphatic carbocycles. The van der Waals surface area contributed by atoms with Gasteiger partial charge < -0.3 is 18.9 Å². The second-order valence-corrected chi connectivity index (χ2v) is 30.7. The lowest BCUT2D eigenvalue weighted by Crippen LogP contribution is -2.16.